The largest absolute Gasteiger partial charge is 0.301 e. The van der Waals surface area contributed by atoms with E-state index in [4.69, 9.17) is 5.26 Å². The summed E-state index contributed by atoms with van der Waals surface area (Å²) in [5, 5.41) is 8.63. The molecule has 1 aliphatic heterocycles. The Morgan fingerprint density at radius 3 is 2.50 bits per heavy atom. The zero-order valence-corrected chi connectivity index (χ0v) is 10.9. The molecular formula is C15H21N3. The van der Waals surface area contributed by atoms with Crippen LogP contribution < -0.4 is 0 Å². The highest BCUT2D eigenvalue weighted by molar-refractivity contribution is 5.14. The van der Waals surface area contributed by atoms with Gasteiger partial charge in [-0.1, -0.05) is 30.3 Å². The first kappa shape index (κ1) is 13.1. The Labute approximate surface area is 110 Å². The number of nitrogens with zero attached hydrogens (tertiary/aromatic N) is 3. The van der Waals surface area contributed by atoms with Crippen molar-refractivity contribution in [2.45, 2.75) is 19.4 Å². The third kappa shape index (κ3) is 4.14. The van der Waals surface area contributed by atoms with Gasteiger partial charge >= 0.3 is 0 Å². The molecule has 0 aliphatic carbocycles. The van der Waals surface area contributed by atoms with E-state index in [1.807, 2.05) is 0 Å². The first-order valence-electron chi connectivity index (χ1n) is 6.74. The standard InChI is InChI=1S/C15H21N3/c16-8-4-9-17-10-5-11-18(13-12-17)14-15-6-2-1-3-7-15/h1-3,6-7H,4-5,9-14H2. The molecule has 2 rings (SSSR count). The number of rotatable bonds is 4. The Bertz CT molecular complexity index is 382. The lowest BCUT2D eigenvalue weighted by atomic mass is 10.2. The molecule has 1 heterocycles. The van der Waals surface area contributed by atoms with Crippen LogP contribution in [0.5, 0.6) is 0 Å². The highest BCUT2D eigenvalue weighted by atomic mass is 15.2. The lowest BCUT2D eigenvalue weighted by Gasteiger charge is -2.21. The molecule has 1 saturated heterocycles. The monoisotopic (exact) mass is 243 g/mol. The summed E-state index contributed by atoms with van der Waals surface area (Å²) in [5.41, 5.74) is 1.39. The van der Waals surface area contributed by atoms with Gasteiger partial charge in [0.15, 0.2) is 0 Å². The third-order valence-electron chi connectivity index (χ3n) is 3.47. The molecule has 3 nitrogen and oxygen atoms in total. The Balaban J connectivity index is 1.80. The zero-order chi connectivity index (χ0) is 12.6. The second kappa shape index (κ2) is 7.15. The van der Waals surface area contributed by atoms with Crippen molar-refractivity contribution in [3.8, 4) is 6.07 Å². The van der Waals surface area contributed by atoms with Crippen molar-refractivity contribution in [3.05, 3.63) is 35.9 Å². The average molecular weight is 243 g/mol. The predicted molar refractivity (Wildman–Crippen MR) is 73.0 cm³/mol. The Morgan fingerprint density at radius 2 is 1.72 bits per heavy atom. The molecule has 96 valence electrons. The normalized spacial score (nSPS) is 18.2. The van der Waals surface area contributed by atoms with Gasteiger partial charge in [0.2, 0.25) is 0 Å². The van der Waals surface area contributed by atoms with Crippen LogP contribution in [0.3, 0.4) is 0 Å². The van der Waals surface area contributed by atoms with E-state index in [-0.39, 0.29) is 0 Å². The van der Waals surface area contributed by atoms with Crippen LogP contribution >= 0.6 is 0 Å². The highest BCUT2D eigenvalue weighted by Gasteiger charge is 2.14. The number of hydrogen-bond acceptors (Lipinski definition) is 3. The van der Waals surface area contributed by atoms with E-state index >= 15 is 0 Å². The van der Waals surface area contributed by atoms with Crippen LogP contribution in [0.15, 0.2) is 30.3 Å². The fourth-order valence-electron chi connectivity index (χ4n) is 2.46. The van der Waals surface area contributed by atoms with Crippen LogP contribution in [0.2, 0.25) is 0 Å². The van der Waals surface area contributed by atoms with E-state index in [1.165, 1.54) is 12.0 Å². The SMILES string of the molecule is N#CCCN1CCCN(Cc2ccccc2)CC1. The molecule has 0 radical (unpaired) electrons. The number of hydrogen-bond donors (Lipinski definition) is 0. The average Bonchev–Trinajstić information content (AvgIpc) is 2.63. The molecule has 1 aromatic rings. The van der Waals surface area contributed by atoms with E-state index < -0.39 is 0 Å². The Kier molecular flexibility index (Phi) is 5.19. The van der Waals surface area contributed by atoms with Crippen LogP contribution in [0.25, 0.3) is 0 Å². The fourth-order valence-corrected chi connectivity index (χ4v) is 2.46. The van der Waals surface area contributed by atoms with Crippen molar-refractivity contribution in [2.75, 3.05) is 32.7 Å². The van der Waals surface area contributed by atoms with Gasteiger partial charge in [-0.3, -0.25) is 4.90 Å². The van der Waals surface area contributed by atoms with Gasteiger partial charge in [0, 0.05) is 32.6 Å². The van der Waals surface area contributed by atoms with Gasteiger partial charge in [0.05, 0.1) is 6.07 Å². The fraction of sp³-hybridized carbons (Fsp3) is 0.533. The maximum Gasteiger partial charge on any atom is 0.0635 e. The van der Waals surface area contributed by atoms with Gasteiger partial charge in [0.1, 0.15) is 0 Å². The molecule has 1 aromatic carbocycles. The summed E-state index contributed by atoms with van der Waals surface area (Å²) in [5.74, 6) is 0. The summed E-state index contributed by atoms with van der Waals surface area (Å²) < 4.78 is 0. The topological polar surface area (TPSA) is 30.3 Å². The maximum atomic E-state index is 8.63. The molecule has 0 bridgehead atoms. The maximum absolute atomic E-state index is 8.63. The van der Waals surface area contributed by atoms with Gasteiger partial charge in [-0.05, 0) is 25.1 Å². The van der Waals surface area contributed by atoms with E-state index in [9.17, 15) is 0 Å². The summed E-state index contributed by atoms with van der Waals surface area (Å²) in [6, 6.07) is 12.9. The molecule has 1 fully saturated rings. The van der Waals surface area contributed by atoms with E-state index in [0.29, 0.717) is 6.42 Å². The zero-order valence-electron chi connectivity index (χ0n) is 10.9. The van der Waals surface area contributed by atoms with Crippen molar-refractivity contribution in [1.29, 1.82) is 5.26 Å². The molecule has 0 N–H and O–H groups in total. The lowest BCUT2D eigenvalue weighted by Crippen LogP contribution is -2.31. The minimum absolute atomic E-state index is 0.651. The van der Waals surface area contributed by atoms with E-state index in [0.717, 1.165) is 39.3 Å². The first-order valence-corrected chi connectivity index (χ1v) is 6.74. The van der Waals surface area contributed by atoms with Gasteiger partial charge in [-0.25, -0.2) is 0 Å². The summed E-state index contributed by atoms with van der Waals surface area (Å²) in [7, 11) is 0. The van der Waals surface area contributed by atoms with Gasteiger partial charge < -0.3 is 4.90 Å². The van der Waals surface area contributed by atoms with E-state index in [1.54, 1.807) is 0 Å². The van der Waals surface area contributed by atoms with Crippen molar-refractivity contribution in [2.24, 2.45) is 0 Å². The van der Waals surface area contributed by atoms with Crippen molar-refractivity contribution in [3.63, 3.8) is 0 Å². The van der Waals surface area contributed by atoms with Gasteiger partial charge in [-0.2, -0.15) is 5.26 Å². The minimum Gasteiger partial charge on any atom is -0.301 e. The van der Waals surface area contributed by atoms with Crippen LogP contribution in [-0.2, 0) is 6.54 Å². The van der Waals surface area contributed by atoms with Crippen molar-refractivity contribution < 1.29 is 0 Å². The van der Waals surface area contributed by atoms with Crippen LogP contribution in [0.1, 0.15) is 18.4 Å². The highest BCUT2D eigenvalue weighted by Crippen LogP contribution is 2.09. The van der Waals surface area contributed by atoms with Crippen molar-refractivity contribution in [1.82, 2.24) is 9.80 Å². The van der Waals surface area contributed by atoms with Gasteiger partial charge in [-0.15, -0.1) is 0 Å². The predicted octanol–water partition coefficient (Wildman–Crippen LogP) is 2.11. The molecule has 3 heteroatoms. The molecule has 0 saturated carbocycles. The molecular weight excluding hydrogens is 222 g/mol. The van der Waals surface area contributed by atoms with Crippen LogP contribution in [0, 0.1) is 11.3 Å². The summed E-state index contributed by atoms with van der Waals surface area (Å²) in [6.07, 6.45) is 1.86. The van der Waals surface area contributed by atoms with Crippen LogP contribution in [0.4, 0.5) is 0 Å². The molecule has 1 aliphatic rings. The summed E-state index contributed by atoms with van der Waals surface area (Å²) in [6.45, 7) is 6.47. The second-order valence-corrected chi connectivity index (χ2v) is 4.87. The Morgan fingerprint density at radius 1 is 1.00 bits per heavy atom. The van der Waals surface area contributed by atoms with Crippen molar-refractivity contribution >= 4 is 0 Å². The number of benzene rings is 1. The van der Waals surface area contributed by atoms with Gasteiger partial charge in [0.25, 0.3) is 0 Å². The third-order valence-corrected chi connectivity index (χ3v) is 3.47. The minimum atomic E-state index is 0.651. The summed E-state index contributed by atoms with van der Waals surface area (Å²) in [4.78, 5) is 4.93. The molecule has 0 amide bonds. The lowest BCUT2D eigenvalue weighted by molar-refractivity contribution is 0.254. The first-order chi connectivity index (χ1) is 8.88. The molecule has 0 spiro atoms. The smallest absolute Gasteiger partial charge is 0.0635 e. The second-order valence-electron chi connectivity index (χ2n) is 4.87. The number of nitriles is 1. The molecule has 0 atom stereocenters. The quantitative estimate of drug-likeness (QED) is 0.811. The molecule has 18 heavy (non-hydrogen) atoms. The molecule has 0 unspecified atom stereocenters. The van der Waals surface area contributed by atoms with Crippen LogP contribution in [-0.4, -0.2) is 42.5 Å². The van der Waals surface area contributed by atoms with E-state index in [2.05, 4.69) is 46.2 Å². The summed E-state index contributed by atoms with van der Waals surface area (Å²) >= 11 is 0. The Hall–Kier alpha value is -1.37. The molecule has 0 aromatic heterocycles.